The van der Waals surface area contributed by atoms with Crippen LogP contribution in [-0.2, 0) is 0 Å². The summed E-state index contributed by atoms with van der Waals surface area (Å²) in [7, 11) is 0. The van der Waals surface area contributed by atoms with Crippen LogP contribution < -0.4 is 0 Å². The summed E-state index contributed by atoms with van der Waals surface area (Å²) in [6, 6.07) is 11.7. The molecule has 0 spiro atoms. The predicted molar refractivity (Wildman–Crippen MR) is 73.2 cm³/mol. The molecule has 3 heteroatoms. The van der Waals surface area contributed by atoms with Crippen LogP contribution in [0.1, 0.15) is 33.7 Å². The molecule has 2 aromatic rings. The molecule has 1 unspecified atom stereocenters. The lowest BCUT2D eigenvalue weighted by atomic mass is 9.88. The molecule has 1 atom stereocenters. The number of rotatable bonds is 1. The van der Waals surface area contributed by atoms with Crippen LogP contribution in [0.4, 0.5) is 8.78 Å². The van der Waals surface area contributed by atoms with Crippen LogP contribution in [-0.4, -0.2) is 0 Å². The molecule has 0 aromatic heterocycles. The first-order valence-electron chi connectivity index (χ1n) is 6.28. The largest absolute Gasteiger partial charge is 0.211 e. The molecule has 0 saturated carbocycles. The van der Waals surface area contributed by atoms with E-state index in [0.29, 0.717) is 27.8 Å². The number of allylic oxidation sites excluding steroid dienone is 1. The second-order valence-electron chi connectivity index (χ2n) is 4.89. The van der Waals surface area contributed by atoms with E-state index < -0.39 is 5.92 Å². The molecule has 0 N–H and O–H groups in total. The second kappa shape index (κ2) is 4.57. The van der Waals surface area contributed by atoms with Gasteiger partial charge in [0, 0.05) is 0 Å². The maximum absolute atomic E-state index is 14.3. The van der Waals surface area contributed by atoms with E-state index in [-0.39, 0.29) is 11.6 Å². The summed E-state index contributed by atoms with van der Waals surface area (Å²) in [5, 5.41) is 9.16. The first-order chi connectivity index (χ1) is 9.61. The summed E-state index contributed by atoms with van der Waals surface area (Å²) in [5.74, 6) is -1.42. The first-order valence-corrected chi connectivity index (χ1v) is 6.28. The van der Waals surface area contributed by atoms with Crippen molar-refractivity contribution in [2.75, 3.05) is 0 Å². The topological polar surface area (TPSA) is 23.8 Å². The first kappa shape index (κ1) is 12.6. The highest BCUT2D eigenvalue weighted by Gasteiger charge is 2.30. The highest BCUT2D eigenvalue weighted by atomic mass is 19.1. The fraction of sp³-hybridized carbons (Fsp3) is 0.118. The molecule has 1 aliphatic carbocycles. The fourth-order valence-corrected chi connectivity index (χ4v) is 2.75. The Labute approximate surface area is 115 Å². The van der Waals surface area contributed by atoms with Crippen LogP contribution >= 0.6 is 0 Å². The smallest absolute Gasteiger partial charge is 0.123 e. The number of halogens is 2. The van der Waals surface area contributed by atoms with Crippen molar-refractivity contribution in [3.8, 4) is 6.07 Å². The second-order valence-corrected chi connectivity index (χ2v) is 4.89. The van der Waals surface area contributed by atoms with Crippen molar-refractivity contribution < 1.29 is 8.78 Å². The number of fused-ring (bicyclic) bond motifs is 1. The third-order valence-corrected chi connectivity index (χ3v) is 3.64. The van der Waals surface area contributed by atoms with E-state index in [1.165, 1.54) is 18.2 Å². The summed E-state index contributed by atoms with van der Waals surface area (Å²) in [6.07, 6.45) is 1.43. The lowest BCUT2D eigenvalue weighted by molar-refractivity contribution is 0.588. The molecule has 0 heterocycles. The minimum Gasteiger partial charge on any atom is -0.211 e. The van der Waals surface area contributed by atoms with Gasteiger partial charge in [0.1, 0.15) is 11.6 Å². The van der Waals surface area contributed by atoms with Crippen molar-refractivity contribution in [3.63, 3.8) is 0 Å². The summed E-state index contributed by atoms with van der Waals surface area (Å²) in [5.41, 5.74) is 2.99. The summed E-state index contributed by atoms with van der Waals surface area (Å²) >= 11 is 0. The Bertz CT molecular complexity index is 769. The van der Waals surface area contributed by atoms with Gasteiger partial charge in [0.25, 0.3) is 0 Å². The quantitative estimate of drug-likeness (QED) is 0.748. The van der Waals surface area contributed by atoms with Crippen LogP contribution in [0.15, 0.2) is 42.2 Å². The number of hydrogen-bond acceptors (Lipinski definition) is 1. The van der Waals surface area contributed by atoms with E-state index in [4.69, 9.17) is 5.26 Å². The fourth-order valence-electron chi connectivity index (χ4n) is 2.75. The Morgan fingerprint density at radius 3 is 2.60 bits per heavy atom. The van der Waals surface area contributed by atoms with Crippen molar-refractivity contribution in [1.82, 2.24) is 0 Å². The van der Waals surface area contributed by atoms with Gasteiger partial charge in [0.15, 0.2) is 0 Å². The van der Waals surface area contributed by atoms with Gasteiger partial charge >= 0.3 is 0 Å². The molecule has 0 amide bonds. The lowest BCUT2D eigenvalue weighted by Crippen LogP contribution is -2.03. The Hall–Kier alpha value is -2.47. The van der Waals surface area contributed by atoms with Gasteiger partial charge in [-0.15, -0.1) is 0 Å². The Kier molecular flexibility index (Phi) is 2.87. The third kappa shape index (κ3) is 1.81. The summed E-state index contributed by atoms with van der Waals surface area (Å²) in [4.78, 5) is 0. The molecule has 0 saturated heterocycles. The maximum Gasteiger partial charge on any atom is 0.123 e. The molecule has 98 valence electrons. The number of aryl methyl sites for hydroxylation is 1. The monoisotopic (exact) mass is 267 g/mol. The molecule has 1 aliphatic rings. The van der Waals surface area contributed by atoms with Gasteiger partial charge in [-0.1, -0.05) is 18.2 Å². The van der Waals surface area contributed by atoms with Crippen LogP contribution in [0.25, 0.3) is 6.08 Å². The zero-order valence-electron chi connectivity index (χ0n) is 10.8. The number of hydrogen-bond donors (Lipinski definition) is 0. The average molecular weight is 267 g/mol. The zero-order chi connectivity index (χ0) is 14.3. The molecule has 0 fully saturated rings. The number of benzene rings is 2. The molecule has 0 radical (unpaired) electrons. The maximum atomic E-state index is 14.3. The van der Waals surface area contributed by atoms with Gasteiger partial charge in [-0.25, -0.2) is 8.78 Å². The SMILES string of the molecule is Cc1cc(F)cc2c1C=C(F)C2c1ccccc1C#N. The molecule has 20 heavy (non-hydrogen) atoms. The molecule has 0 aliphatic heterocycles. The third-order valence-electron chi connectivity index (χ3n) is 3.64. The van der Waals surface area contributed by atoms with Gasteiger partial charge in [-0.2, -0.15) is 5.26 Å². The molecule has 1 nitrogen and oxygen atoms in total. The average Bonchev–Trinajstić information content (AvgIpc) is 2.75. The molecule has 3 rings (SSSR count). The highest BCUT2D eigenvalue weighted by molar-refractivity contribution is 5.71. The van der Waals surface area contributed by atoms with Gasteiger partial charge in [0.2, 0.25) is 0 Å². The summed E-state index contributed by atoms with van der Waals surface area (Å²) < 4.78 is 27.9. The number of nitriles is 1. The van der Waals surface area contributed by atoms with Crippen molar-refractivity contribution in [2.24, 2.45) is 0 Å². The van der Waals surface area contributed by atoms with Gasteiger partial charge in [-0.05, 0) is 53.5 Å². The van der Waals surface area contributed by atoms with E-state index >= 15 is 0 Å². The molecule has 2 aromatic carbocycles. The number of nitrogens with zero attached hydrogens (tertiary/aromatic N) is 1. The van der Waals surface area contributed by atoms with Gasteiger partial charge in [0.05, 0.1) is 17.6 Å². The van der Waals surface area contributed by atoms with E-state index in [1.54, 1.807) is 31.2 Å². The van der Waals surface area contributed by atoms with Crippen molar-refractivity contribution in [2.45, 2.75) is 12.8 Å². The van der Waals surface area contributed by atoms with E-state index in [1.807, 2.05) is 0 Å². The van der Waals surface area contributed by atoms with Crippen LogP contribution in [0.3, 0.4) is 0 Å². The molecule has 0 bridgehead atoms. The summed E-state index contributed by atoms with van der Waals surface area (Å²) in [6.45, 7) is 1.75. The molecular weight excluding hydrogens is 256 g/mol. The zero-order valence-corrected chi connectivity index (χ0v) is 10.8. The lowest BCUT2D eigenvalue weighted by Gasteiger charge is -2.15. The van der Waals surface area contributed by atoms with Crippen molar-refractivity contribution in [3.05, 3.63) is 75.9 Å². The van der Waals surface area contributed by atoms with Crippen LogP contribution in [0, 0.1) is 24.1 Å². The van der Waals surface area contributed by atoms with E-state index in [9.17, 15) is 8.78 Å². The van der Waals surface area contributed by atoms with Crippen LogP contribution in [0.2, 0.25) is 0 Å². The van der Waals surface area contributed by atoms with Crippen molar-refractivity contribution >= 4 is 6.08 Å². The normalized spacial score (nSPS) is 16.5. The minimum atomic E-state index is -0.685. The van der Waals surface area contributed by atoms with Gasteiger partial charge in [-0.3, -0.25) is 0 Å². The Balaban J connectivity index is 2.24. The van der Waals surface area contributed by atoms with E-state index in [0.717, 1.165) is 0 Å². The van der Waals surface area contributed by atoms with E-state index in [2.05, 4.69) is 6.07 Å². The Morgan fingerprint density at radius 1 is 1.10 bits per heavy atom. The van der Waals surface area contributed by atoms with Crippen molar-refractivity contribution in [1.29, 1.82) is 5.26 Å². The van der Waals surface area contributed by atoms with Crippen LogP contribution in [0.5, 0.6) is 0 Å². The molecular formula is C17H11F2N. The Morgan fingerprint density at radius 2 is 1.85 bits per heavy atom. The minimum absolute atomic E-state index is 0.351. The predicted octanol–water partition coefficient (Wildman–Crippen LogP) is 4.46. The highest BCUT2D eigenvalue weighted by Crippen LogP contribution is 2.43. The van der Waals surface area contributed by atoms with Gasteiger partial charge < -0.3 is 0 Å². The standard InChI is InChI=1S/C17H11F2N/c1-10-6-12(18)7-15-14(10)8-16(19)17(15)13-5-3-2-4-11(13)9-20/h2-8,17H,1H3.